The molecule has 0 amide bonds. The van der Waals surface area contributed by atoms with Crippen LogP contribution in [0.1, 0.15) is 97.1 Å². The summed E-state index contributed by atoms with van der Waals surface area (Å²) in [5.41, 5.74) is 6.75. The standard InChI is InChI=1S/C28H46N2O3S/c1-24(2)19-9-12-26(4)20(25(19,3)15-18-22(24)30-23(29)34-18)14-17(32)21-16(8-11-27(21,26)5)28(6,33)10-7-13-31/h16-17,19-21,31-33H,7-15H2,1-6H3,(H2,29,30)/t16-,17+,19-,20+,21-,25-,26+,27+,28-/m0/s1. The fourth-order valence-corrected chi connectivity index (χ4v) is 11.6. The molecule has 4 aliphatic rings. The van der Waals surface area contributed by atoms with Crippen molar-refractivity contribution in [3.63, 3.8) is 0 Å². The van der Waals surface area contributed by atoms with Gasteiger partial charge >= 0.3 is 0 Å². The first kappa shape index (κ1) is 25.0. The molecule has 0 aliphatic heterocycles. The van der Waals surface area contributed by atoms with E-state index in [-0.39, 0.29) is 40.1 Å². The average molecular weight is 491 g/mol. The molecule has 0 saturated heterocycles. The van der Waals surface area contributed by atoms with Gasteiger partial charge in [-0.25, -0.2) is 4.98 Å². The number of nitrogen functional groups attached to an aromatic ring is 1. The summed E-state index contributed by atoms with van der Waals surface area (Å²) >= 11 is 1.67. The van der Waals surface area contributed by atoms with E-state index in [0.29, 0.717) is 29.8 Å². The van der Waals surface area contributed by atoms with Crippen molar-refractivity contribution in [3.05, 3.63) is 10.6 Å². The predicted octanol–water partition coefficient (Wildman–Crippen LogP) is 4.92. The summed E-state index contributed by atoms with van der Waals surface area (Å²) in [6.45, 7) is 14.2. The maximum atomic E-state index is 11.8. The number of fused-ring (bicyclic) bond motifs is 6. The topological polar surface area (TPSA) is 99.6 Å². The van der Waals surface area contributed by atoms with Crippen molar-refractivity contribution in [2.45, 2.75) is 110 Å². The minimum atomic E-state index is -0.849. The molecule has 1 aromatic heterocycles. The minimum absolute atomic E-state index is 0.00562. The minimum Gasteiger partial charge on any atom is -0.396 e. The van der Waals surface area contributed by atoms with E-state index in [1.54, 1.807) is 11.3 Å². The number of aliphatic hydroxyl groups excluding tert-OH is 2. The first-order valence-electron chi connectivity index (χ1n) is 13.5. The van der Waals surface area contributed by atoms with Crippen molar-refractivity contribution in [1.29, 1.82) is 0 Å². The smallest absolute Gasteiger partial charge is 0.180 e. The summed E-state index contributed by atoms with van der Waals surface area (Å²) in [6.07, 6.45) is 6.99. The van der Waals surface area contributed by atoms with Crippen molar-refractivity contribution in [3.8, 4) is 0 Å². The fourth-order valence-electron chi connectivity index (χ4n) is 10.4. The van der Waals surface area contributed by atoms with Gasteiger partial charge in [0.15, 0.2) is 5.13 Å². The molecule has 9 atom stereocenters. The van der Waals surface area contributed by atoms with E-state index >= 15 is 0 Å². The highest BCUT2D eigenvalue weighted by molar-refractivity contribution is 7.15. The van der Waals surface area contributed by atoms with Crippen LogP contribution >= 0.6 is 11.3 Å². The Hall–Kier alpha value is -0.690. The van der Waals surface area contributed by atoms with Crippen molar-refractivity contribution < 1.29 is 15.3 Å². The highest BCUT2D eigenvalue weighted by Gasteiger charge is 2.71. The number of aromatic nitrogens is 1. The van der Waals surface area contributed by atoms with E-state index in [1.165, 1.54) is 23.4 Å². The molecule has 0 bridgehead atoms. The molecule has 5 N–H and O–H groups in total. The summed E-state index contributed by atoms with van der Waals surface area (Å²) in [5, 5.41) is 33.3. The normalized spacial score (nSPS) is 46.7. The lowest BCUT2D eigenvalue weighted by Gasteiger charge is -2.69. The molecule has 0 aromatic carbocycles. The molecule has 3 fully saturated rings. The molecule has 192 valence electrons. The maximum absolute atomic E-state index is 11.8. The molecule has 4 aliphatic carbocycles. The van der Waals surface area contributed by atoms with Crippen LogP contribution in [0.2, 0.25) is 0 Å². The Labute approximate surface area is 209 Å². The number of hydrogen-bond donors (Lipinski definition) is 4. The summed E-state index contributed by atoms with van der Waals surface area (Å²) in [7, 11) is 0. The van der Waals surface area contributed by atoms with Gasteiger partial charge in [0, 0.05) is 16.9 Å². The number of rotatable bonds is 4. The van der Waals surface area contributed by atoms with Gasteiger partial charge in [-0.2, -0.15) is 0 Å². The second kappa shape index (κ2) is 7.66. The highest BCUT2D eigenvalue weighted by atomic mass is 32.1. The van der Waals surface area contributed by atoms with E-state index in [2.05, 4.69) is 34.6 Å². The van der Waals surface area contributed by atoms with Gasteiger partial charge in [-0.15, -0.1) is 11.3 Å². The van der Waals surface area contributed by atoms with Crippen LogP contribution in [0.3, 0.4) is 0 Å². The molecule has 6 heteroatoms. The van der Waals surface area contributed by atoms with Crippen LogP contribution in [0.25, 0.3) is 0 Å². The van der Waals surface area contributed by atoms with Crippen molar-refractivity contribution in [1.82, 2.24) is 4.98 Å². The molecule has 0 spiro atoms. The third-order valence-electron chi connectivity index (χ3n) is 12.0. The Balaban J connectivity index is 1.55. The third kappa shape index (κ3) is 3.10. The lowest BCUT2D eigenvalue weighted by Crippen LogP contribution is -2.66. The van der Waals surface area contributed by atoms with E-state index < -0.39 is 11.7 Å². The third-order valence-corrected chi connectivity index (χ3v) is 12.9. The summed E-state index contributed by atoms with van der Waals surface area (Å²) in [6, 6.07) is 0. The van der Waals surface area contributed by atoms with Crippen LogP contribution < -0.4 is 5.73 Å². The highest BCUT2D eigenvalue weighted by Crippen LogP contribution is 2.75. The van der Waals surface area contributed by atoms with Crippen LogP contribution in [0, 0.1) is 39.9 Å². The molecule has 34 heavy (non-hydrogen) atoms. The zero-order valence-corrected chi connectivity index (χ0v) is 22.8. The van der Waals surface area contributed by atoms with Gasteiger partial charge in [-0.1, -0.05) is 34.6 Å². The second-order valence-corrected chi connectivity index (χ2v) is 15.0. The monoisotopic (exact) mass is 490 g/mol. The van der Waals surface area contributed by atoms with Crippen LogP contribution in [0.5, 0.6) is 0 Å². The van der Waals surface area contributed by atoms with E-state index in [4.69, 9.17) is 10.7 Å². The Morgan fingerprint density at radius 2 is 1.76 bits per heavy atom. The van der Waals surface area contributed by atoms with Crippen molar-refractivity contribution in [2.24, 2.45) is 39.9 Å². The van der Waals surface area contributed by atoms with Gasteiger partial charge in [0.2, 0.25) is 0 Å². The number of hydrogen-bond acceptors (Lipinski definition) is 6. The number of aliphatic hydroxyl groups is 3. The summed E-state index contributed by atoms with van der Waals surface area (Å²) in [5.74, 6) is 1.13. The van der Waals surface area contributed by atoms with Crippen LogP contribution in [0.15, 0.2) is 0 Å². The lowest BCUT2D eigenvalue weighted by molar-refractivity contribution is -0.223. The number of thiazole rings is 1. The second-order valence-electron chi connectivity index (χ2n) is 13.9. The average Bonchev–Trinajstić information content (AvgIpc) is 3.30. The van der Waals surface area contributed by atoms with Gasteiger partial charge in [-0.3, -0.25) is 0 Å². The molecule has 0 unspecified atom stereocenters. The fraction of sp³-hybridized carbons (Fsp3) is 0.893. The summed E-state index contributed by atoms with van der Waals surface area (Å²) < 4.78 is 0. The lowest BCUT2D eigenvalue weighted by atomic mass is 9.35. The molecule has 5 rings (SSSR count). The van der Waals surface area contributed by atoms with Crippen LogP contribution in [-0.2, 0) is 11.8 Å². The van der Waals surface area contributed by atoms with E-state index in [0.717, 1.165) is 25.7 Å². The quantitative estimate of drug-likeness (QED) is 0.480. The van der Waals surface area contributed by atoms with E-state index in [1.807, 2.05) is 6.92 Å². The predicted molar refractivity (Wildman–Crippen MR) is 138 cm³/mol. The van der Waals surface area contributed by atoms with Gasteiger partial charge in [0.1, 0.15) is 0 Å². The van der Waals surface area contributed by atoms with Gasteiger partial charge < -0.3 is 21.1 Å². The molecular formula is C28H46N2O3S. The Morgan fingerprint density at radius 3 is 2.44 bits per heavy atom. The Bertz CT molecular complexity index is 959. The molecular weight excluding hydrogens is 444 g/mol. The maximum Gasteiger partial charge on any atom is 0.180 e. The van der Waals surface area contributed by atoms with Crippen LogP contribution in [-0.4, -0.2) is 38.6 Å². The zero-order chi connectivity index (χ0) is 24.9. The van der Waals surface area contributed by atoms with Gasteiger partial charge in [0.25, 0.3) is 0 Å². The van der Waals surface area contributed by atoms with Crippen molar-refractivity contribution >= 4 is 16.5 Å². The summed E-state index contributed by atoms with van der Waals surface area (Å²) in [4.78, 5) is 6.14. The largest absolute Gasteiger partial charge is 0.396 e. The van der Waals surface area contributed by atoms with Gasteiger partial charge in [-0.05, 0) is 98.2 Å². The number of nitrogens with two attached hydrogens (primary N) is 1. The Morgan fingerprint density at radius 1 is 1.09 bits per heavy atom. The van der Waals surface area contributed by atoms with Gasteiger partial charge in [0.05, 0.1) is 17.4 Å². The molecule has 3 saturated carbocycles. The first-order chi connectivity index (χ1) is 15.7. The molecule has 1 aromatic rings. The first-order valence-corrected chi connectivity index (χ1v) is 14.3. The SMILES string of the molecule is CC1(C)c2nc(N)sc2C[C@]2(C)[C@H]3C[C@@H](O)[C@@H]4[C@@H]([C@@](C)(O)CCCO)CC[C@@]4(C)[C@]3(C)CC[C@@H]12. The molecule has 0 radical (unpaired) electrons. The zero-order valence-electron chi connectivity index (χ0n) is 22.0. The number of nitrogens with zero attached hydrogens (tertiary/aromatic N) is 1. The van der Waals surface area contributed by atoms with Crippen LogP contribution in [0.4, 0.5) is 5.13 Å². The van der Waals surface area contributed by atoms with Crippen molar-refractivity contribution in [2.75, 3.05) is 12.3 Å². The van der Waals surface area contributed by atoms with E-state index in [9.17, 15) is 15.3 Å². The number of anilines is 1. The molecule has 5 nitrogen and oxygen atoms in total. The Kier molecular flexibility index (Phi) is 5.63. The molecule has 1 heterocycles.